The third-order valence-electron chi connectivity index (χ3n) is 7.47. The predicted octanol–water partition coefficient (Wildman–Crippen LogP) is 4.05. The second kappa shape index (κ2) is 10.8. The van der Waals surface area contributed by atoms with Crippen LogP contribution in [0.25, 0.3) is 28.0 Å². The second-order valence-electron chi connectivity index (χ2n) is 10.5. The lowest BCUT2D eigenvalue weighted by molar-refractivity contribution is -0.128. The smallest absolute Gasteiger partial charge is 0.349 e. The number of aryl methyl sites for hydroxylation is 1. The van der Waals surface area contributed by atoms with E-state index in [1.807, 2.05) is 13.8 Å². The van der Waals surface area contributed by atoms with Gasteiger partial charge in [-0.2, -0.15) is 4.98 Å². The van der Waals surface area contributed by atoms with Gasteiger partial charge in [-0.25, -0.2) is 31.5 Å². The molecule has 1 amide bonds. The van der Waals surface area contributed by atoms with Crippen molar-refractivity contribution < 1.29 is 22.0 Å². The van der Waals surface area contributed by atoms with Crippen molar-refractivity contribution in [3.05, 3.63) is 88.9 Å². The molecular weight excluding hydrogens is 564 g/mol. The van der Waals surface area contributed by atoms with Gasteiger partial charge in [0.1, 0.15) is 23.1 Å². The molecule has 42 heavy (non-hydrogen) atoms. The molecule has 0 radical (unpaired) electrons. The van der Waals surface area contributed by atoms with Crippen LogP contribution in [-0.4, -0.2) is 65.2 Å². The molecular formula is C30H29F2N5O4S. The van der Waals surface area contributed by atoms with Crippen LogP contribution in [0.1, 0.15) is 19.4 Å². The number of halogens is 2. The molecule has 0 unspecified atom stereocenters. The van der Waals surface area contributed by atoms with Crippen LogP contribution >= 0.6 is 0 Å². The molecule has 2 aromatic heterocycles. The van der Waals surface area contributed by atoms with E-state index in [1.54, 1.807) is 28.9 Å². The van der Waals surface area contributed by atoms with Gasteiger partial charge in [-0.15, -0.1) is 0 Å². The van der Waals surface area contributed by atoms with Crippen molar-refractivity contribution in [3.8, 4) is 16.9 Å². The zero-order valence-corrected chi connectivity index (χ0v) is 24.3. The average Bonchev–Trinajstić information content (AvgIpc) is 2.93. The van der Waals surface area contributed by atoms with Crippen molar-refractivity contribution in [2.24, 2.45) is 0 Å². The van der Waals surface area contributed by atoms with E-state index in [0.29, 0.717) is 5.56 Å². The van der Waals surface area contributed by atoms with E-state index in [0.717, 1.165) is 16.9 Å². The van der Waals surface area contributed by atoms with Crippen LogP contribution in [0.4, 0.5) is 14.6 Å². The van der Waals surface area contributed by atoms with Crippen molar-refractivity contribution in [3.63, 3.8) is 0 Å². The number of anilines is 1. The Morgan fingerprint density at radius 1 is 1.02 bits per heavy atom. The molecule has 12 heteroatoms. The van der Waals surface area contributed by atoms with Gasteiger partial charge in [-0.05, 0) is 56.7 Å². The highest BCUT2D eigenvalue weighted by Gasteiger charge is 2.34. The Morgan fingerprint density at radius 2 is 1.74 bits per heavy atom. The minimum absolute atomic E-state index is 0.0236. The lowest BCUT2D eigenvalue weighted by Gasteiger charge is -2.44. The highest BCUT2D eigenvalue weighted by molar-refractivity contribution is 7.90. The van der Waals surface area contributed by atoms with Crippen molar-refractivity contribution in [1.82, 2.24) is 19.4 Å². The molecule has 0 saturated carbocycles. The van der Waals surface area contributed by atoms with E-state index in [1.165, 1.54) is 36.4 Å². The number of para-hydroxylation sites is 1. The third-order valence-corrected chi connectivity index (χ3v) is 8.60. The number of benzene rings is 2. The summed E-state index contributed by atoms with van der Waals surface area (Å²) < 4.78 is 57.3. The van der Waals surface area contributed by atoms with E-state index in [4.69, 9.17) is 0 Å². The van der Waals surface area contributed by atoms with E-state index in [9.17, 15) is 22.4 Å². The van der Waals surface area contributed by atoms with Gasteiger partial charge >= 0.3 is 5.69 Å². The van der Waals surface area contributed by atoms with Crippen LogP contribution in [0.5, 0.6) is 0 Å². The quantitative estimate of drug-likeness (QED) is 0.322. The number of pyridine rings is 1. The van der Waals surface area contributed by atoms with Crippen LogP contribution in [0.3, 0.4) is 0 Å². The maximum absolute atomic E-state index is 15.8. The normalized spacial score (nSPS) is 17.5. The fourth-order valence-electron chi connectivity index (χ4n) is 5.43. The van der Waals surface area contributed by atoms with Crippen molar-refractivity contribution in [2.45, 2.75) is 37.8 Å². The summed E-state index contributed by atoms with van der Waals surface area (Å²) in [6.45, 7) is 9.43. The Kier molecular flexibility index (Phi) is 7.44. The van der Waals surface area contributed by atoms with Crippen LogP contribution in [0, 0.1) is 18.6 Å². The Bertz CT molecular complexity index is 1930. The number of aromatic nitrogens is 3. The molecule has 1 fully saturated rings. The molecule has 0 aliphatic carbocycles. The first kappa shape index (κ1) is 29.1. The predicted molar refractivity (Wildman–Crippen MR) is 157 cm³/mol. The second-order valence-corrected chi connectivity index (χ2v) is 12.4. The molecule has 2 atom stereocenters. The van der Waals surface area contributed by atoms with Crippen LogP contribution in [-0.2, 0) is 14.6 Å². The Hall–Kier alpha value is -4.45. The largest absolute Gasteiger partial charge is 0.355 e. The summed E-state index contributed by atoms with van der Waals surface area (Å²) in [5.41, 5.74) is -0.944. The Balaban J connectivity index is 1.85. The van der Waals surface area contributed by atoms with E-state index in [2.05, 4.69) is 16.5 Å². The zero-order valence-electron chi connectivity index (χ0n) is 23.5. The van der Waals surface area contributed by atoms with Gasteiger partial charge in [0.25, 0.3) is 0 Å². The number of fused-ring (bicyclic) bond motifs is 1. The maximum atomic E-state index is 15.8. The molecule has 218 valence electrons. The van der Waals surface area contributed by atoms with Gasteiger partial charge in [0.15, 0.2) is 15.5 Å². The number of carbonyl (C=O) groups is 1. The molecule has 4 aromatic rings. The van der Waals surface area contributed by atoms with Gasteiger partial charge < -0.3 is 9.80 Å². The zero-order chi connectivity index (χ0) is 30.5. The lowest BCUT2D eigenvalue weighted by Crippen LogP contribution is -2.58. The average molecular weight is 594 g/mol. The number of sulfone groups is 1. The van der Waals surface area contributed by atoms with Gasteiger partial charge in [0.2, 0.25) is 5.91 Å². The van der Waals surface area contributed by atoms with Crippen LogP contribution in [0.2, 0.25) is 0 Å². The van der Waals surface area contributed by atoms with Crippen LogP contribution in [0.15, 0.2) is 70.9 Å². The topological polar surface area (TPSA) is 105 Å². The molecule has 0 N–H and O–H groups in total. The SMILES string of the molecule is C=CC(=O)N1C[C@H](C)N(c2nc(=O)n(-c3c(C)cccc3S(C)(=O)=O)c3nc(-c4ccccc4F)c(F)cc23)C[C@@H]1C. The monoisotopic (exact) mass is 593 g/mol. The molecule has 0 spiro atoms. The molecule has 5 rings (SSSR count). The van der Waals surface area contributed by atoms with Crippen LogP contribution < -0.4 is 10.6 Å². The fraction of sp³-hybridized carbons (Fsp3) is 0.267. The highest BCUT2D eigenvalue weighted by Crippen LogP contribution is 2.34. The maximum Gasteiger partial charge on any atom is 0.355 e. The van der Waals surface area contributed by atoms with Gasteiger partial charge in [-0.3, -0.25) is 4.79 Å². The number of hydrogen-bond donors (Lipinski definition) is 0. The lowest BCUT2D eigenvalue weighted by atomic mass is 10.1. The third kappa shape index (κ3) is 4.95. The molecule has 1 aliphatic rings. The van der Waals surface area contributed by atoms with E-state index in [-0.39, 0.29) is 69.8 Å². The van der Waals surface area contributed by atoms with Gasteiger partial charge in [-0.1, -0.05) is 30.8 Å². The van der Waals surface area contributed by atoms with Gasteiger partial charge in [0.05, 0.1) is 16.0 Å². The minimum Gasteiger partial charge on any atom is -0.349 e. The Labute approximate surface area is 241 Å². The minimum atomic E-state index is -3.84. The number of nitrogens with zero attached hydrogens (tertiary/aromatic N) is 5. The first-order valence-electron chi connectivity index (χ1n) is 13.2. The number of amides is 1. The van der Waals surface area contributed by atoms with Crippen molar-refractivity contribution in [2.75, 3.05) is 24.2 Å². The van der Waals surface area contributed by atoms with E-state index >= 15 is 4.39 Å². The summed E-state index contributed by atoms with van der Waals surface area (Å²) in [5, 5.41) is 0.123. The number of carbonyl (C=O) groups excluding carboxylic acids is 1. The molecule has 0 bridgehead atoms. The summed E-state index contributed by atoms with van der Waals surface area (Å²) in [4.78, 5) is 38.4. The molecule has 9 nitrogen and oxygen atoms in total. The number of piperazine rings is 1. The molecule has 3 heterocycles. The summed E-state index contributed by atoms with van der Waals surface area (Å²) in [6, 6.07) is 10.6. The van der Waals surface area contributed by atoms with Crippen molar-refractivity contribution in [1.29, 1.82) is 0 Å². The van der Waals surface area contributed by atoms with E-state index < -0.39 is 27.2 Å². The fourth-order valence-corrected chi connectivity index (χ4v) is 6.36. The summed E-state index contributed by atoms with van der Waals surface area (Å²) in [5.74, 6) is -1.69. The Morgan fingerprint density at radius 3 is 2.40 bits per heavy atom. The van der Waals surface area contributed by atoms with Gasteiger partial charge in [0, 0.05) is 37.0 Å². The molecule has 1 aliphatic heterocycles. The standard InChI is InChI=1S/C30H29F2N5O4S/c1-6-25(38)35-15-19(4)36(16-18(35)3)28-21-14-23(32)26(20-11-7-8-12-22(20)31)33-29(21)37(30(39)34-28)27-17(2)10-9-13-24(27)42(5,40)41/h6-14,18-19H,1,15-16H2,2-5H3/t18-,19-/m0/s1. The first-order valence-corrected chi connectivity index (χ1v) is 15.1. The van der Waals surface area contributed by atoms with Crippen molar-refractivity contribution >= 4 is 32.6 Å². The number of rotatable bonds is 5. The first-order chi connectivity index (χ1) is 19.8. The summed E-state index contributed by atoms with van der Waals surface area (Å²) in [6.07, 6.45) is 2.25. The highest BCUT2D eigenvalue weighted by atomic mass is 32.2. The summed E-state index contributed by atoms with van der Waals surface area (Å²) in [7, 11) is -3.84. The molecule has 2 aromatic carbocycles. The molecule has 1 saturated heterocycles. The number of hydrogen-bond acceptors (Lipinski definition) is 7. The summed E-state index contributed by atoms with van der Waals surface area (Å²) >= 11 is 0.